The summed E-state index contributed by atoms with van der Waals surface area (Å²) in [6.07, 6.45) is -1.07. The minimum atomic E-state index is -3.97. The molecule has 0 aliphatic heterocycles. The second-order valence-electron chi connectivity index (χ2n) is 4.65. The lowest BCUT2D eigenvalue weighted by Crippen LogP contribution is -2.32. The number of esters is 1. The molecule has 0 aliphatic rings. The zero-order valence-electron chi connectivity index (χ0n) is 12.3. The van der Waals surface area contributed by atoms with Crippen LogP contribution in [-0.4, -0.2) is 38.8 Å². The molecule has 118 valence electrons. The molecule has 0 spiro atoms. The molecule has 1 aromatic rings. The third kappa shape index (κ3) is 5.11. The predicted octanol–water partition coefficient (Wildman–Crippen LogP) is 1.26. The monoisotopic (exact) mass is 316 g/mol. The lowest BCUT2D eigenvalue weighted by atomic mass is 10.1. The highest BCUT2D eigenvalue weighted by Gasteiger charge is 2.28. The van der Waals surface area contributed by atoms with Crippen LogP contribution in [-0.2, 0) is 23.8 Å². The van der Waals surface area contributed by atoms with Crippen molar-refractivity contribution in [3.63, 3.8) is 0 Å². The molecule has 0 fully saturated rings. The number of ether oxygens (including phenoxy) is 1. The molecule has 0 amide bonds. The molecule has 0 saturated carbocycles. The fraction of sp³-hybridized carbons (Fsp3) is 0.500. The van der Waals surface area contributed by atoms with Crippen molar-refractivity contribution in [3.05, 3.63) is 29.8 Å². The van der Waals surface area contributed by atoms with Crippen LogP contribution in [0.4, 0.5) is 0 Å². The molecule has 0 heterocycles. The first-order valence-corrected chi connectivity index (χ1v) is 7.99. The van der Waals surface area contributed by atoms with Crippen LogP contribution in [0.15, 0.2) is 29.2 Å². The Labute approximate surface area is 124 Å². The molecule has 0 aliphatic carbocycles. The fourth-order valence-corrected chi connectivity index (χ4v) is 2.52. The van der Waals surface area contributed by atoms with Gasteiger partial charge in [-0.1, -0.05) is 17.7 Å². The van der Waals surface area contributed by atoms with Gasteiger partial charge in [0.05, 0.1) is 24.2 Å². The SMILES string of the molecule is CCOC(=O)[C@H](COS(=O)(=O)c1ccc(C)cc1)C(C)O. The highest BCUT2D eigenvalue weighted by molar-refractivity contribution is 7.86. The van der Waals surface area contributed by atoms with Crippen molar-refractivity contribution in [1.82, 2.24) is 0 Å². The van der Waals surface area contributed by atoms with Gasteiger partial charge < -0.3 is 9.84 Å². The number of aliphatic hydroxyl groups is 1. The number of benzene rings is 1. The number of rotatable bonds is 7. The molecule has 7 heteroatoms. The summed E-state index contributed by atoms with van der Waals surface area (Å²) in [4.78, 5) is 11.6. The van der Waals surface area contributed by atoms with Crippen LogP contribution in [0.1, 0.15) is 19.4 Å². The molecule has 1 aromatic carbocycles. The van der Waals surface area contributed by atoms with Crippen LogP contribution >= 0.6 is 0 Å². The van der Waals surface area contributed by atoms with E-state index in [0.717, 1.165) is 5.56 Å². The van der Waals surface area contributed by atoms with Gasteiger partial charge in [0.1, 0.15) is 5.92 Å². The molecular weight excluding hydrogens is 296 g/mol. The maximum absolute atomic E-state index is 12.0. The van der Waals surface area contributed by atoms with Crippen molar-refractivity contribution in [2.24, 2.45) is 5.92 Å². The van der Waals surface area contributed by atoms with Crippen LogP contribution in [0.5, 0.6) is 0 Å². The predicted molar refractivity (Wildman–Crippen MR) is 76.1 cm³/mol. The van der Waals surface area contributed by atoms with Crippen molar-refractivity contribution in [2.75, 3.05) is 13.2 Å². The molecule has 6 nitrogen and oxygen atoms in total. The summed E-state index contributed by atoms with van der Waals surface area (Å²) in [6.45, 7) is 4.52. The Bertz CT molecular complexity index is 562. The highest BCUT2D eigenvalue weighted by atomic mass is 32.2. The smallest absolute Gasteiger partial charge is 0.313 e. The van der Waals surface area contributed by atoms with E-state index in [1.165, 1.54) is 19.1 Å². The molecule has 0 aromatic heterocycles. The van der Waals surface area contributed by atoms with Gasteiger partial charge in [-0.2, -0.15) is 8.42 Å². The zero-order chi connectivity index (χ0) is 16.0. The molecule has 0 radical (unpaired) electrons. The normalized spacial score (nSPS) is 14.5. The van der Waals surface area contributed by atoms with E-state index in [1.54, 1.807) is 19.1 Å². The second kappa shape index (κ2) is 7.53. The van der Waals surface area contributed by atoms with E-state index in [0.29, 0.717) is 0 Å². The molecule has 2 atom stereocenters. The van der Waals surface area contributed by atoms with Gasteiger partial charge in [-0.25, -0.2) is 0 Å². The number of hydrogen-bond donors (Lipinski definition) is 1. The summed E-state index contributed by atoms with van der Waals surface area (Å²) >= 11 is 0. The Kier molecular flexibility index (Phi) is 6.32. The van der Waals surface area contributed by atoms with E-state index in [-0.39, 0.29) is 11.5 Å². The third-order valence-electron chi connectivity index (χ3n) is 2.88. The average Bonchev–Trinajstić information content (AvgIpc) is 2.39. The van der Waals surface area contributed by atoms with Gasteiger partial charge in [-0.05, 0) is 32.9 Å². The Morgan fingerprint density at radius 3 is 2.33 bits per heavy atom. The van der Waals surface area contributed by atoms with Gasteiger partial charge in [-0.15, -0.1) is 0 Å². The van der Waals surface area contributed by atoms with E-state index >= 15 is 0 Å². The number of aryl methyl sites for hydroxylation is 1. The van der Waals surface area contributed by atoms with Gasteiger partial charge in [0.25, 0.3) is 10.1 Å². The minimum Gasteiger partial charge on any atom is -0.466 e. The number of carbonyl (C=O) groups is 1. The molecule has 1 rings (SSSR count). The number of hydrogen-bond acceptors (Lipinski definition) is 6. The summed E-state index contributed by atoms with van der Waals surface area (Å²) in [5.41, 5.74) is 0.919. The minimum absolute atomic E-state index is 0.00121. The van der Waals surface area contributed by atoms with Gasteiger partial charge in [0.2, 0.25) is 0 Å². The summed E-state index contributed by atoms with van der Waals surface area (Å²) in [7, 11) is -3.97. The van der Waals surface area contributed by atoms with Crippen molar-refractivity contribution >= 4 is 16.1 Å². The van der Waals surface area contributed by atoms with Crippen molar-refractivity contribution < 1.29 is 27.2 Å². The molecular formula is C14H20O6S. The van der Waals surface area contributed by atoms with E-state index in [1.807, 2.05) is 6.92 Å². The third-order valence-corrected chi connectivity index (χ3v) is 4.18. The van der Waals surface area contributed by atoms with Gasteiger partial charge in [0.15, 0.2) is 0 Å². The van der Waals surface area contributed by atoms with Crippen LogP contribution in [0.25, 0.3) is 0 Å². The zero-order valence-corrected chi connectivity index (χ0v) is 13.1. The van der Waals surface area contributed by atoms with Crippen molar-refractivity contribution in [2.45, 2.75) is 31.8 Å². The maximum Gasteiger partial charge on any atom is 0.313 e. The summed E-state index contributed by atoms with van der Waals surface area (Å²) in [6, 6.07) is 6.14. The summed E-state index contributed by atoms with van der Waals surface area (Å²) < 4.78 is 33.6. The quantitative estimate of drug-likeness (QED) is 0.601. The lowest BCUT2D eigenvalue weighted by Gasteiger charge is -2.18. The van der Waals surface area contributed by atoms with E-state index in [9.17, 15) is 18.3 Å². The Morgan fingerprint density at radius 2 is 1.86 bits per heavy atom. The van der Waals surface area contributed by atoms with Crippen molar-refractivity contribution in [1.29, 1.82) is 0 Å². The maximum atomic E-state index is 12.0. The first-order valence-electron chi connectivity index (χ1n) is 6.58. The average molecular weight is 316 g/mol. The van der Waals surface area contributed by atoms with Crippen LogP contribution in [0.2, 0.25) is 0 Å². The van der Waals surface area contributed by atoms with Crippen LogP contribution < -0.4 is 0 Å². The van der Waals surface area contributed by atoms with E-state index in [4.69, 9.17) is 8.92 Å². The Morgan fingerprint density at radius 1 is 1.29 bits per heavy atom. The molecule has 0 saturated heterocycles. The molecule has 1 unspecified atom stereocenters. The standard InChI is InChI=1S/C14H20O6S/c1-4-19-14(16)13(11(3)15)9-20-21(17,18)12-7-5-10(2)6-8-12/h5-8,11,13,15H,4,9H2,1-3H3/t11?,13-/m1/s1. The van der Waals surface area contributed by atoms with Crippen LogP contribution in [0, 0.1) is 12.8 Å². The van der Waals surface area contributed by atoms with E-state index < -0.39 is 34.7 Å². The van der Waals surface area contributed by atoms with Gasteiger partial charge >= 0.3 is 5.97 Å². The van der Waals surface area contributed by atoms with Crippen molar-refractivity contribution in [3.8, 4) is 0 Å². The van der Waals surface area contributed by atoms with Crippen LogP contribution in [0.3, 0.4) is 0 Å². The lowest BCUT2D eigenvalue weighted by molar-refractivity contribution is -0.152. The highest BCUT2D eigenvalue weighted by Crippen LogP contribution is 2.16. The number of aliphatic hydroxyl groups excluding tert-OH is 1. The largest absolute Gasteiger partial charge is 0.466 e. The van der Waals surface area contributed by atoms with E-state index in [2.05, 4.69) is 0 Å². The topological polar surface area (TPSA) is 89.9 Å². The molecule has 1 N–H and O–H groups in total. The summed E-state index contributed by atoms with van der Waals surface area (Å²) in [5.74, 6) is -1.74. The van der Waals surface area contributed by atoms with Gasteiger partial charge in [-0.3, -0.25) is 8.98 Å². The summed E-state index contributed by atoms with van der Waals surface area (Å²) in [5, 5.41) is 9.54. The fourth-order valence-electron chi connectivity index (χ4n) is 1.59. The number of carbonyl (C=O) groups excluding carboxylic acids is 1. The Balaban J connectivity index is 2.79. The Hall–Kier alpha value is -1.44. The first kappa shape index (κ1) is 17.6. The molecule has 0 bridgehead atoms. The molecule has 21 heavy (non-hydrogen) atoms. The second-order valence-corrected chi connectivity index (χ2v) is 6.27. The first-order chi connectivity index (χ1) is 9.77. The van der Waals surface area contributed by atoms with Gasteiger partial charge in [0, 0.05) is 0 Å².